The van der Waals surface area contributed by atoms with Crippen LogP contribution in [0.25, 0.3) is 45.5 Å². The Labute approximate surface area is 459 Å². The van der Waals surface area contributed by atoms with Crippen molar-refractivity contribution in [3.8, 4) is 33.4 Å². The number of hydrogen-bond donors (Lipinski definition) is 0. The molecule has 0 N–H and O–H groups in total. The Morgan fingerprint density at radius 1 is 0.486 bits per heavy atom. The Hall–Kier alpha value is -3.52. The molecule has 0 saturated heterocycles. The average Bonchev–Trinajstić information content (AvgIpc) is 4.01. The van der Waals surface area contributed by atoms with Crippen LogP contribution in [0.4, 0.5) is 0 Å². The molecule has 4 heteroatoms. The molecule has 0 aromatic heterocycles. The van der Waals surface area contributed by atoms with Gasteiger partial charge in [-0.2, -0.15) is 0 Å². The molecule has 389 valence electrons. The van der Waals surface area contributed by atoms with Gasteiger partial charge in [0.1, 0.15) is 0 Å². The van der Waals surface area contributed by atoms with Crippen molar-refractivity contribution < 1.29 is 16.4 Å². The second kappa shape index (κ2) is 19.4. The molecule has 0 bridgehead atoms. The molecule has 0 amide bonds. The molecule has 1 heterocycles. The molecule has 0 fully saturated rings. The molecule has 6 aromatic rings. The van der Waals surface area contributed by atoms with Gasteiger partial charge in [-0.15, -0.1) is 0 Å². The molecule has 3 aliphatic rings. The molecule has 0 radical (unpaired) electrons. The first kappa shape index (κ1) is 55.2. The van der Waals surface area contributed by atoms with Crippen LogP contribution in [0.1, 0.15) is 225 Å². The van der Waals surface area contributed by atoms with E-state index in [1.54, 1.807) is 0 Å². The number of benzene rings is 6. The minimum absolute atomic E-state index is 0.0245. The fraction of sp³-hybridized carbons (Fsp3) is 0.429. The van der Waals surface area contributed by atoms with Crippen molar-refractivity contribution in [1.29, 1.82) is 0 Å². The molecule has 0 saturated carbocycles. The van der Waals surface area contributed by atoms with Gasteiger partial charge in [-0.3, -0.25) is 0 Å². The van der Waals surface area contributed by atoms with Gasteiger partial charge in [0.25, 0.3) is 0 Å². The van der Waals surface area contributed by atoms with Gasteiger partial charge in [0.2, 0.25) is 0 Å². The SMILES string of the molecule is CCCC1=Cc2c(ccc(C(C)C)c2-c2cc(C(C)(C)C)cc(C(C)(C)C)c2)[CH]1[Zr]([Cl])([Cl])([c]1cccc2c1[SiH2]c1ccccc1-2)[CH]1C(CCC)=Cc2c1ccc(C(C)C)c2-c1cc(C(C)(C)C)cc(C(C)(C)C)c1. The fourth-order valence-electron chi connectivity index (χ4n) is 13.3. The van der Waals surface area contributed by atoms with Crippen molar-refractivity contribution in [3.05, 3.63) is 170 Å². The summed E-state index contributed by atoms with van der Waals surface area (Å²) < 4.78 is 1.05. The number of allylic oxidation sites excluding steroid dienone is 2. The number of fused-ring (bicyclic) bond motifs is 5. The Morgan fingerprint density at radius 3 is 1.26 bits per heavy atom. The van der Waals surface area contributed by atoms with Crippen molar-refractivity contribution in [3.63, 3.8) is 0 Å². The molecule has 9 rings (SSSR count). The Morgan fingerprint density at radius 2 is 0.878 bits per heavy atom. The second-order valence-electron chi connectivity index (χ2n) is 27.6. The van der Waals surface area contributed by atoms with Crippen molar-refractivity contribution in [1.82, 2.24) is 0 Å². The summed E-state index contributed by atoms with van der Waals surface area (Å²) in [6, 6.07) is 41.3. The Kier molecular flexibility index (Phi) is 14.5. The van der Waals surface area contributed by atoms with Crippen LogP contribution in [0.3, 0.4) is 0 Å². The van der Waals surface area contributed by atoms with E-state index in [1.165, 1.54) is 114 Å². The predicted octanol–water partition coefficient (Wildman–Crippen LogP) is 19.1. The molecular formula is C70H87Cl2SiZr. The van der Waals surface area contributed by atoms with Crippen LogP contribution in [0.5, 0.6) is 0 Å². The van der Waals surface area contributed by atoms with E-state index in [4.69, 9.17) is 0 Å². The summed E-state index contributed by atoms with van der Waals surface area (Å²) in [5.41, 5.74) is 24.5. The number of rotatable bonds is 11. The Bertz CT molecular complexity index is 3020. The second-order valence-corrected chi connectivity index (χ2v) is 50.0. The third-order valence-electron chi connectivity index (χ3n) is 17.3. The summed E-state index contributed by atoms with van der Waals surface area (Å²) in [6.07, 6.45) is 9.17. The van der Waals surface area contributed by atoms with Crippen LogP contribution in [0, 0.1) is 0 Å². The predicted molar refractivity (Wildman–Crippen MR) is 329 cm³/mol. The normalized spacial score (nSPS) is 17.6. The zero-order valence-corrected chi connectivity index (χ0v) is 54.0. The van der Waals surface area contributed by atoms with Gasteiger partial charge in [-0.05, 0) is 0 Å². The topological polar surface area (TPSA) is 0 Å². The molecule has 0 spiro atoms. The van der Waals surface area contributed by atoms with E-state index in [-0.39, 0.29) is 28.9 Å². The third kappa shape index (κ3) is 9.47. The van der Waals surface area contributed by atoms with E-state index in [9.17, 15) is 17.0 Å². The van der Waals surface area contributed by atoms with Gasteiger partial charge in [-0.1, -0.05) is 0 Å². The standard InChI is InChI=1S/2C29H39.C12H9Si.2ClH.Zr/c2*1-10-11-20-14-21-12-13-25(19(2)3)27(26(21)15-20)22-16-23(28(4,5)6)18-24(17-22)29(7,8)9;1-3-7-11-9(5-1)10-6-2-4-8-12(10)13-11;;;/h2*12-19H,10-11H2,1-9H3;1-7H,13H2;2*1H;/q;;;;;+2/p-2. The third-order valence-corrected chi connectivity index (χ3v) is 40.1. The molecule has 6 aromatic carbocycles. The summed E-state index contributed by atoms with van der Waals surface area (Å²) >= 11 is -5.85. The van der Waals surface area contributed by atoms with E-state index in [1.807, 2.05) is 0 Å². The maximum absolute atomic E-state index is 9.73. The van der Waals surface area contributed by atoms with Crippen LogP contribution in [-0.2, 0) is 38.1 Å². The van der Waals surface area contributed by atoms with Crippen molar-refractivity contribution in [2.24, 2.45) is 0 Å². The molecular weight excluding hydrogens is 1030 g/mol. The van der Waals surface area contributed by atoms with Crippen molar-refractivity contribution in [2.45, 2.75) is 191 Å². The van der Waals surface area contributed by atoms with Crippen LogP contribution in [-0.4, -0.2) is 9.52 Å². The number of halogens is 2. The van der Waals surface area contributed by atoms with Crippen molar-refractivity contribution in [2.75, 3.05) is 0 Å². The maximum atomic E-state index is 9.73. The molecule has 1 aliphatic heterocycles. The van der Waals surface area contributed by atoms with Crippen LogP contribution >= 0.6 is 17.0 Å². The summed E-state index contributed by atoms with van der Waals surface area (Å²) in [5, 5.41) is 2.98. The van der Waals surface area contributed by atoms with E-state index >= 15 is 0 Å². The average molecular weight is 1120 g/mol. The zero-order valence-electron chi connectivity index (χ0n) is 48.6. The van der Waals surface area contributed by atoms with Gasteiger partial charge in [0.15, 0.2) is 0 Å². The van der Waals surface area contributed by atoms with Gasteiger partial charge in [0, 0.05) is 0 Å². The van der Waals surface area contributed by atoms with Crippen LogP contribution < -0.4 is 13.6 Å². The fourth-order valence-corrected chi connectivity index (χ4v) is 41.3. The van der Waals surface area contributed by atoms with Gasteiger partial charge < -0.3 is 0 Å². The van der Waals surface area contributed by atoms with Crippen molar-refractivity contribution >= 4 is 52.3 Å². The van der Waals surface area contributed by atoms with Gasteiger partial charge in [0.05, 0.1) is 0 Å². The molecule has 2 aliphatic carbocycles. The molecule has 74 heavy (non-hydrogen) atoms. The van der Waals surface area contributed by atoms with E-state index in [0.29, 0.717) is 11.8 Å². The molecule has 2 unspecified atom stereocenters. The first-order chi connectivity index (χ1) is 34.5. The summed E-state index contributed by atoms with van der Waals surface area (Å²) in [4.78, 5) is 0. The van der Waals surface area contributed by atoms with E-state index in [2.05, 4.69) is 240 Å². The van der Waals surface area contributed by atoms with E-state index < -0.39 is 25.9 Å². The van der Waals surface area contributed by atoms with Crippen LogP contribution in [0.2, 0.25) is 0 Å². The molecule has 2 atom stereocenters. The minimum atomic E-state index is -5.85. The molecule has 0 nitrogen and oxygen atoms in total. The Balaban J connectivity index is 1.42. The van der Waals surface area contributed by atoms with Gasteiger partial charge >= 0.3 is 463 Å². The summed E-state index contributed by atoms with van der Waals surface area (Å²) in [5.74, 6) is 0.629. The van der Waals surface area contributed by atoms with E-state index in [0.717, 1.165) is 25.7 Å². The quantitative estimate of drug-likeness (QED) is 0.113. The monoisotopic (exact) mass is 1120 g/mol. The summed E-state index contributed by atoms with van der Waals surface area (Å²) in [7, 11) is 18.5. The number of hydrogen-bond acceptors (Lipinski definition) is 0. The van der Waals surface area contributed by atoms with Crippen LogP contribution in [0.15, 0.2) is 114 Å². The summed E-state index contributed by atoms with van der Waals surface area (Å²) in [6.45, 7) is 42.5. The first-order valence-corrected chi connectivity index (χ1v) is 40.1. The zero-order chi connectivity index (χ0) is 53.9. The van der Waals surface area contributed by atoms with Gasteiger partial charge in [-0.25, -0.2) is 0 Å². The first-order valence-electron chi connectivity index (χ1n) is 28.3.